The van der Waals surface area contributed by atoms with Crippen LogP contribution in [0.3, 0.4) is 0 Å². The van der Waals surface area contributed by atoms with Gasteiger partial charge in [-0.1, -0.05) is 17.7 Å². The van der Waals surface area contributed by atoms with Crippen LogP contribution in [-0.4, -0.2) is 69.5 Å². The van der Waals surface area contributed by atoms with Gasteiger partial charge in [-0.25, -0.2) is 14.4 Å². The van der Waals surface area contributed by atoms with Crippen molar-refractivity contribution in [3.8, 4) is 5.75 Å². The number of halogens is 2. The molecule has 1 aromatic heterocycles. The molecule has 2 aliphatic heterocycles. The highest BCUT2D eigenvalue weighted by Gasteiger charge is 2.34. The summed E-state index contributed by atoms with van der Waals surface area (Å²) in [6.45, 7) is 2.89. The zero-order valence-electron chi connectivity index (χ0n) is 19.5. The van der Waals surface area contributed by atoms with Crippen LogP contribution in [0.2, 0.25) is 5.02 Å². The zero-order chi connectivity index (χ0) is 25.1. The number of aromatic nitrogens is 2. The summed E-state index contributed by atoms with van der Waals surface area (Å²) in [5, 5.41) is 8.11. The van der Waals surface area contributed by atoms with Crippen molar-refractivity contribution >= 4 is 69.1 Å². The number of hydrogen-bond acceptors (Lipinski definition) is 8. The number of hydrogen-bond donors (Lipinski definition) is 2. The van der Waals surface area contributed by atoms with Gasteiger partial charge in [-0.2, -0.15) is 23.5 Å². The number of methoxy groups -OCH3 is 1. The minimum atomic E-state index is -0.501. The van der Waals surface area contributed by atoms with E-state index in [0.717, 1.165) is 19.6 Å². The monoisotopic (exact) mass is 545 g/mol. The highest BCUT2D eigenvalue weighted by atomic mass is 35.5. The van der Waals surface area contributed by atoms with E-state index >= 15 is 0 Å². The molecule has 0 aliphatic carbocycles. The number of thioether (sulfide) groups is 2. The fourth-order valence-corrected chi connectivity index (χ4v) is 7.59. The van der Waals surface area contributed by atoms with Gasteiger partial charge >= 0.3 is 0 Å². The molecule has 0 bridgehead atoms. The summed E-state index contributed by atoms with van der Waals surface area (Å²) in [5.74, 6) is 2.68. The van der Waals surface area contributed by atoms with Crippen molar-refractivity contribution in [2.75, 3.05) is 48.9 Å². The third-order valence-corrected chi connectivity index (χ3v) is 9.48. The Balaban J connectivity index is 1.30. The summed E-state index contributed by atoms with van der Waals surface area (Å²) >= 11 is 10.0. The Hall–Kier alpha value is -2.53. The van der Waals surface area contributed by atoms with E-state index in [1.807, 2.05) is 6.08 Å². The topological polar surface area (TPSA) is 79.4 Å². The summed E-state index contributed by atoms with van der Waals surface area (Å²) in [7, 11) is 1.54. The average molecular weight is 546 g/mol. The van der Waals surface area contributed by atoms with Gasteiger partial charge in [0.25, 0.3) is 0 Å². The molecule has 3 aromatic rings. The zero-order valence-corrected chi connectivity index (χ0v) is 21.9. The second-order valence-electron chi connectivity index (χ2n) is 8.47. The van der Waals surface area contributed by atoms with E-state index in [9.17, 15) is 9.18 Å². The van der Waals surface area contributed by atoms with E-state index < -0.39 is 5.82 Å². The maximum absolute atomic E-state index is 13.5. The smallest absolute Gasteiger partial charge is 0.248 e. The van der Waals surface area contributed by atoms with Gasteiger partial charge in [0.1, 0.15) is 23.7 Å². The SMILES string of the molecule is COc1cc2ncnc(Nc3ccc(F)c(Cl)c3)c2cc1NC(=O)C=CCN1CC2SCCSC2C1. The molecule has 0 saturated carbocycles. The molecule has 11 heteroatoms. The van der Waals surface area contributed by atoms with Crippen LogP contribution in [-0.2, 0) is 4.79 Å². The van der Waals surface area contributed by atoms with E-state index in [2.05, 4.69) is 49.0 Å². The van der Waals surface area contributed by atoms with Gasteiger partial charge in [0, 0.05) is 64.9 Å². The van der Waals surface area contributed by atoms with E-state index in [-0.39, 0.29) is 10.9 Å². The van der Waals surface area contributed by atoms with Crippen LogP contribution in [0.5, 0.6) is 5.75 Å². The first-order valence-corrected chi connectivity index (χ1v) is 14.0. The third-order valence-electron chi connectivity index (χ3n) is 6.07. The molecule has 2 unspecified atom stereocenters. The van der Waals surface area contributed by atoms with Crippen molar-refractivity contribution in [1.29, 1.82) is 0 Å². The maximum Gasteiger partial charge on any atom is 0.248 e. The van der Waals surface area contributed by atoms with Gasteiger partial charge in [-0.3, -0.25) is 9.69 Å². The first-order valence-electron chi connectivity index (χ1n) is 11.5. The number of rotatable bonds is 7. The number of carbonyl (C=O) groups is 1. The van der Waals surface area contributed by atoms with Crippen LogP contribution in [0, 0.1) is 5.82 Å². The van der Waals surface area contributed by atoms with Gasteiger partial charge < -0.3 is 15.4 Å². The lowest BCUT2D eigenvalue weighted by atomic mass is 10.1. The minimum absolute atomic E-state index is 0.00460. The number of nitrogens with one attached hydrogen (secondary N) is 2. The van der Waals surface area contributed by atoms with Crippen molar-refractivity contribution in [2.45, 2.75) is 10.5 Å². The molecule has 7 nitrogen and oxygen atoms in total. The fourth-order valence-electron chi connectivity index (χ4n) is 4.33. The summed E-state index contributed by atoms with van der Waals surface area (Å²) in [5.41, 5.74) is 1.69. The van der Waals surface area contributed by atoms with Gasteiger partial charge in [0.2, 0.25) is 5.91 Å². The first kappa shape index (κ1) is 25.1. The van der Waals surface area contributed by atoms with Crippen LogP contribution in [0.4, 0.5) is 21.6 Å². The number of benzene rings is 2. The van der Waals surface area contributed by atoms with Gasteiger partial charge in [0.15, 0.2) is 0 Å². The Labute approximate surface area is 222 Å². The molecule has 2 atom stereocenters. The average Bonchev–Trinajstić information content (AvgIpc) is 3.29. The third kappa shape index (κ3) is 5.72. The van der Waals surface area contributed by atoms with E-state index in [4.69, 9.17) is 16.3 Å². The minimum Gasteiger partial charge on any atom is -0.494 e. The van der Waals surface area contributed by atoms with Crippen LogP contribution in [0.25, 0.3) is 10.9 Å². The molecular weight excluding hydrogens is 521 g/mol. The second-order valence-corrected chi connectivity index (χ2v) is 11.6. The molecule has 2 aromatic carbocycles. The number of fused-ring (bicyclic) bond motifs is 2. The van der Waals surface area contributed by atoms with Crippen molar-refractivity contribution in [2.24, 2.45) is 0 Å². The molecule has 188 valence electrons. The lowest BCUT2D eigenvalue weighted by molar-refractivity contribution is -0.111. The van der Waals surface area contributed by atoms with Crippen molar-refractivity contribution in [3.63, 3.8) is 0 Å². The van der Waals surface area contributed by atoms with Crippen LogP contribution < -0.4 is 15.4 Å². The van der Waals surface area contributed by atoms with Crippen LogP contribution in [0.15, 0.2) is 48.8 Å². The Kier molecular flexibility index (Phi) is 7.85. The molecule has 36 heavy (non-hydrogen) atoms. The standard InChI is InChI=1S/C25H25ClFN5O2S2/c1-34-21-11-19-16(25(29-14-28-19)30-15-4-5-18(27)17(26)9-15)10-20(21)31-24(33)3-2-6-32-12-22-23(13-32)36-8-7-35-22/h2-5,9-11,14,22-23H,6-8,12-13H2,1H3,(H,31,33)(H,28,29,30). The summed E-state index contributed by atoms with van der Waals surface area (Å²) in [4.78, 5) is 23.7. The number of carbonyl (C=O) groups excluding carboxylic acids is 1. The molecule has 0 spiro atoms. The number of ether oxygens (including phenoxy) is 1. The Morgan fingerprint density at radius 3 is 2.72 bits per heavy atom. The highest BCUT2D eigenvalue weighted by molar-refractivity contribution is 8.07. The molecule has 2 fully saturated rings. The molecule has 0 radical (unpaired) electrons. The molecule has 5 rings (SSSR count). The number of amides is 1. The van der Waals surface area contributed by atoms with E-state index in [1.165, 1.54) is 37.1 Å². The maximum atomic E-state index is 13.5. The Morgan fingerprint density at radius 1 is 1.22 bits per heavy atom. The van der Waals surface area contributed by atoms with Crippen molar-refractivity contribution < 1.29 is 13.9 Å². The molecular formula is C25H25ClFN5O2S2. The van der Waals surface area contributed by atoms with E-state index in [0.29, 0.717) is 44.3 Å². The number of nitrogens with zero attached hydrogens (tertiary/aromatic N) is 3. The lowest BCUT2D eigenvalue weighted by Gasteiger charge is -2.22. The largest absolute Gasteiger partial charge is 0.494 e. The fraction of sp³-hybridized carbons (Fsp3) is 0.320. The van der Waals surface area contributed by atoms with Crippen molar-refractivity contribution in [1.82, 2.24) is 14.9 Å². The van der Waals surface area contributed by atoms with Crippen LogP contribution >= 0.6 is 35.1 Å². The van der Waals surface area contributed by atoms with Gasteiger partial charge in [-0.15, -0.1) is 0 Å². The molecule has 2 N–H and O–H groups in total. The first-order chi connectivity index (χ1) is 17.5. The summed E-state index contributed by atoms with van der Waals surface area (Å²) < 4.78 is 19.0. The normalized spacial score (nSPS) is 20.0. The molecule has 2 saturated heterocycles. The van der Waals surface area contributed by atoms with Crippen molar-refractivity contribution in [3.05, 3.63) is 59.7 Å². The quantitative estimate of drug-likeness (QED) is 0.392. The predicted molar refractivity (Wildman–Crippen MR) is 147 cm³/mol. The number of anilines is 3. The Morgan fingerprint density at radius 2 is 2.00 bits per heavy atom. The highest BCUT2D eigenvalue weighted by Crippen LogP contribution is 2.36. The molecule has 2 aliphatic rings. The lowest BCUT2D eigenvalue weighted by Crippen LogP contribution is -2.23. The summed E-state index contributed by atoms with van der Waals surface area (Å²) in [6.07, 6.45) is 4.89. The van der Waals surface area contributed by atoms with Gasteiger partial charge in [0.05, 0.1) is 23.3 Å². The predicted octanol–water partition coefficient (Wildman–Crippen LogP) is 5.20. The number of likely N-dealkylation sites (tertiary alicyclic amines) is 1. The second kappa shape index (κ2) is 11.2. The molecule has 1 amide bonds. The van der Waals surface area contributed by atoms with Gasteiger partial charge in [-0.05, 0) is 24.3 Å². The van der Waals surface area contributed by atoms with E-state index in [1.54, 1.807) is 24.3 Å². The van der Waals surface area contributed by atoms with Crippen LogP contribution in [0.1, 0.15) is 0 Å². The Bertz CT molecular complexity index is 1300. The molecule has 3 heterocycles. The summed E-state index contributed by atoms with van der Waals surface area (Å²) in [6, 6.07) is 7.82.